The summed E-state index contributed by atoms with van der Waals surface area (Å²) in [6.07, 6.45) is 1.78. The Kier molecular flexibility index (Phi) is 4.78. The summed E-state index contributed by atoms with van der Waals surface area (Å²) in [6.45, 7) is 12.1. The Balaban J connectivity index is 4.01. The van der Waals surface area contributed by atoms with Crippen LogP contribution in [0.2, 0.25) is 0 Å². The highest BCUT2D eigenvalue weighted by molar-refractivity contribution is 5.74. The maximum absolute atomic E-state index is 11.6. The molecule has 90 valence electrons. The van der Waals surface area contributed by atoms with Crippen LogP contribution in [0.5, 0.6) is 0 Å². The van der Waals surface area contributed by atoms with Crippen LogP contribution in [0.15, 0.2) is 0 Å². The first-order valence-electron chi connectivity index (χ1n) is 5.57. The normalized spacial score (nSPS) is 14.9. The molecule has 0 spiro atoms. The Bertz CT molecular complexity index is 211. The van der Waals surface area contributed by atoms with E-state index in [-0.39, 0.29) is 17.4 Å². The summed E-state index contributed by atoms with van der Waals surface area (Å²) in [5.41, 5.74) is 3.69. The molecule has 3 nitrogen and oxygen atoms in total. The zero-order valence-electron chi connectivity index (χ0n) is 11.0. The van der Waals surface area contributed by atoms with E-state index >= 15 is 0 Å². The van der Waals surface area contributed by atoms with Crippen molar-refractivity contribution in [3.63, 3.8) is 0 Å². The summed E-state index contributed by atoms with van der Waals surface area (Å²) in [5.74, 6) is -0.188. The highest BCUT2D eigenvalue weighted by atomic mass is 16.6. The second kappa shape index (κ2) is 4.97. The molecule has 0 heterocycles. The molecule has 3 heteroatoms. The molecule has 0 aliphatic rings. The predicted octanol–water partition coefficient (Wildman–Crippen LogP) is 1.76. The summed E-state index contributed by atoms with van der Waals surface area (Å²) in [5, 5.41) is 0. The minimum atomic E-state index is -0.408. The molecule has 15 heavy (non-hydrogen) atoms. The Labute approximate surface area is 93.4 Å². The van der Waals surface area contributed by atoms with Gasteiger partial charge in [-0.05, 0) is 32.6 Å². The lowest BCUT2D eigenvalue weighted by molar-refractivity contribution is -0.411. The first-order chi connectivity index (χ1) is 6.51. The van der Waals surface area contributed by atoms with Crippen LogP contribution in [-0.2, 0) is 9.53 Å². The number of esters is 1. The van der Waals surface area contributed by atoms with Crippen molar-refractivity contribution in [1.29, 1.82) is 0 Å². The Morgan fingerprint density at radius 3 is 2.00 bits per heavy atom. The molecule has 1 atom stereocenters. The van der Waals surface area contributed by atoms with E-state index in [4.69, 9.17) is 4.74 Å². The van der Waals surface area contributed by atoms with Crippen molar-refractivity contribution >= 4 is 5.97 Å². The Hall–Kier alpha value is -0.570. The zero-order valence-corrected chi connectivity index (χ0v) is 11.0. The zero-order chi connectivity index (χ0) is 12.3. The van der Waals surface area contributed by atoms with E-state index in [9.17, 15) is 4.79 Å². The lowest BCUT2D eigenvalue weighted by atomic mass is 9.89. The van der Waals surface area contributed by atoms with E-state index in [0.29, 0.717) is 0 Å². The van der Waals surface area contributed by atoms with Crippen molar-refractivity contribution in [2.24, 2.45) is 5.41 Å². The lowest BCUT2D eigenvalue weighted by Gasteiger charge is -2.22. The smallest absolute Gasteiger partial charge is 0.365 e. The Morgan fingerprint density at radius 1 is 1.20 bits per heavy atom. The van der Waals surface area contributed by atoms with E-state index in [1.54, 1.807) is 0 Å². The van der Waals surface area contributed by atoms with Gasteiger partial charge in [0, 0.05) is 6.42 Å². The SMILES string of the molecule is CC(C)(C)CC[C@H]([NH3+])C(=O)OC(C)(C)C. The number of rotatable bonds is 3. The standard InChI is InChI=1S/C12H25NO2/c1-11(2,3)8-7-9(13)10(14)15-12(4,5)6/h9H,7-8,13H2,1-6H3/p+1/t9-/m0/s1. The minimum Gasteiger partial charge on any atom is -0.456 e. The van der Waals surface area contributed by atoms with Gasteiger partial charge >= 0.3 is 5.97 Å². The van der Waals surface area contributed by atoms with Crippen molar-refractivity contribution in [2.45, 2.75) is 66.0 Å². The second-order valence-electron chi connectivity index (χ2n) is 6.33. The van der Waals surface area contributed by atoms with E-state index in [0.717, 1.165) is 12.8 Å². The molecule has 0 aromatic heterocycles. The molecule has 0 saturated heterocycles. The fraction of sp³-hybridized carbons (Fsp3) is 0.917. The van der Waals surface area contributed by atoms with Crippen LogP contribution in [0.3, 0.4) is 0 Å². The van der Waals surface area contributed by atoms with Gasteiger partial charge in [-0.25, -0.2) is 4.79 Å². The Morgan fingerprint density at radius 2 is 1.67 bits per heavy atom. The van der Waals surface area contributed by atoms with Crippen molar-refractivity contribution in [2.75, 3.05) is 0 Å². The lowest BCUT2D eigenvalue weighted by Crippen LogP contribution is -2.66. The molecule has 0 rings (SSSR count). The minimum absolute atomic E-state index is 0.188. The molecule has 0 aromatic carbocycles. The van der Waals surface area contributed by atoms with E-state index < -0.39 is 5.60 Å². The van der Waals surface area contributed by atoms with Crippen LogP contribution in [-0.4, -0.2) is 17.6 Å². The number of quaternary nitrogens is 1. The van der Waals surface area contributed by atoms with Crippen molar-refractivity contribution in [1.82, 2.24) is 0 Å². The second-order valence-corrected chi connectivity index (χ2v) is 6.33. The fourth-order valence-electron chi connectivity index (χ4n) is 1.11. The van der Waals surface area contributed by atoms with Crippen LogP contribution in [0.4, 0.5) is 0 Å². The fourth-order valence-corrected chi connectivity index (χ4v) is 1.11. The molecular weight excluding hydrogens is 190 g/mol. The average molecular weight is 216 g/mol. The molecule has 0 aliphatic carbocycles. The van der Waals surface area contributed by atoms with E-state index in [2.05, 4.69) is 26.5 Å². The van der Waals surface area contributed by atoms with E-state index in [1.807, 2.05) is 20.8 Å². The molecule has 0 aromatic rings. The number of hydrogen-bond acceptors (Lipinski definition) is 2. The molecular formula is C12H26NO2+. The molecule has 0 radical (unpaired) electrons. The van der Waals surface area contributed by atoms with Crippen LogP contribution in [0.25, 0.3) is 0 Å². The summed E-state index contributed by atoms with van der Waals surface area (Å²) in [4.78, 5) is 11.6. The van der Waals surface area contributed by atoms with Gasteiger partial charge in [0.15, 0.2) is 6.04 Å². The molecule has 0 unspecified atom stereocenters. The average Bonchev–Trinajstić information content (AvgIpc) is 1.95. The molecule has 0 amide bonds. The van der Waals surface area contributed by atoms with Crippen LogP contribution >= 0.6 is 0 Å². The van der Waals surface area contributed by atoms with Gasteiger partial charge in [0.2, 0.25) is 0 Å². The highest BCUT2D eigenvalue weighted by Gasteiger charge is 2.26. The van der Waals surface area contributed by atoms with Gasteiger partial charge in [0.1, 0.15) is 5.60 Å². The monoisotopic (exact) mass is 216 g/mol. The number of ether oxygens (including phenoxy) is 1. The van der Waals surface area contributed by atoms with Crippen LogP contribution in [0.1, 0.15) is 54.4 Å². The summed E-state index contributed by atoms with van der Waals surface area (Å²) >= 11 is 0. The summed E-state index contributed by atoms with van der Waals surface area (Å²) < 4.78 is 5.26. The van der Waals surface area contributed by atoms with Crippen LogP contribution in [0, 0.1) is 5.41 Å². The topological polar surface area (TPSA) is 53.9 Å². The number of carbonyl (C=O) groups is 1. The van der Waals surface area contributed by atoms with Gasteiger partial charge in [-0.2, -0.15) is 0 Å². The molecule has 0 bridgehead atoms. The van der Waals surface area contributed by atoms with Gasteiger partial charge in [0.25, 0.3) is 0 Å². The summed E-state index contributed by atoms with van der Waals surface area (Å²) in [7, 11) is 0. The first-order valence-corrected chi connectivity index (χ1v) is 5.57. The highest BCUT2D eigenvalue weighted by Crippen LogP contribution is 2.21. The first kappa shape index (κ1) is 14.4. The number of carbonyl (C=O) groups excluding carboxylic acids is 1. The maximum atomic E-state index is 11.6. The maximum Gasteiger partial charge on any atom is 0.365 e. The third kappa shape index (κ3) is 8.43. The molecule has 0 saturated carbocycles. The van der Waals surface area contributed by atoms with Gasteiger partial charge in [-0.15, -0.1) is 0 Å². The quantitative estimate of drug-likeness (QED) is 0.731. The molecule has 0 fully saturated rings. The van der Waals surface area contributed by atoms with Gasteiger partial charge in [-0.3, -0.25) is 0 Å². The molecule has 0 aliphatic heterocycles. The third-order valence-corrected chi connectivity index (χ3v) is 1.98. The predicted molar refractivity (Wildman–Crippen MR) is 61.2 cm³/mol. The van der Waals surface area contributed by atoms with Gasteiger partial charge in [-0.1, -0.05) is 20.8 Å². The van der Waals surface area contributed by atoms with Gasteiger partial charge in [0.05, 0.1) is 0 Å². The third-order valence-electron chi connectivity index (χ3n) is 1.98. The van der Waals surface area contributed by atoms with Crippen molar-refractivity contribution < 1.29 is 15.3 Å². The largest absolute Gasteiger partial charge is 0.456 e. The van der Waals surface area contributed by atoms with Crippen molar-refractivity contribution in [3.05, 3.63) is 0 Å². The van der Waals surface area contributed by atoms with Gasteiger partial charge < -0.3 is 10.5 Å². The number of hydrogen-bond donors (Lipinski definition) is 1. The van der Waals surface area contributed by atoms with Crippen LogP contribution < -0.4 is 5.73 Å². The van der Waals surface area contributed by atoms with Crippen molar-refractivity contribution in [3.8, 4) is 0 Å². The molecule has 3 N–H and O–H groups in total. The summed E-state index contributed by atoms with van der Waals surface area (Å²) in [6, 6.07) is -0.247. The van der Waals surface area contributed by atoms with E-state index in [1.165, 1.54) is 0 Å².